The summed E-state index contributed by atoms with van der Waals surface area (Å²) in [5, 5.41) is 4.67. The van der Waals surface area contributed by atoms with Gasteiger partial charge in [-0.15, -0.1) is 0 Å². The molecule has 0 amide bonds. The van der Waals surface area contributed by atoms with Gasteiger partial charge in [-0.25, -0.2) is 0 Å². The van der Waals surface area contributed by atoms with Gasteiger partial charge in [-0.05, 0) is 69.1 Å². The van der Waals surface area contributed by atoms with Crippen molar-refractivity contribution < 1.29 is 9.15 Å². The lowest BCUT2D eigenvalue weighted by molar-refractivity contribution is 0.487. The molecule has 0 saturated carbocycles. The van der Waals surface area contributed by atoms with Crippen molar-refractivity contribution in [1.29, 1.82) is 0 Å². The second kappa shape index (κ2) is 8.95. The van der Waals surface area contributed by atoms with E-state index in [1.807, 2.05) is 24.3 Å². The minimum Gasteiger partial charge on any atom is -0.456 e. The molecule has 1 aliphatic rings. The molecule has 0 bridgehead atoms. The van der Waals surface area contributed by atoms with Gasteiger partial charge < -0.3 is 9.15 Å². The number of hydrogen-bond donors (Lipinski definition) is 0. The predicted octanol–water partition coefficient (Wildman–Crippen LogP) is 11.5. The van der Waals surface area contributed by atoms with Crippen LogP contribution in [0.15, 0.2) is 150 Å². The molecule has 2 heterocycles. The number of benzene rings is 7. The molecule has 0 N–H and O–H groups in total. The second-order valence-corrected chi connectivity index (χ2v) is 10.9. The molecule has 2 heteroatoms. The van der Waals surface area contributed by atoms with Crippen LogP contribution in [-0.4, -0.2) is 0 Å². The fourth-order valence-corrected chi connectivity index (χ4v) is 6.43. The second-order valence-electron chi connectivity index (χ2n) is 10.9. The van der Waals surface area contributed by atoms with Gasteiger partial charge >= 0.3 is 0 Å². The summed E-state index contributed by atoms with van der Waals surface area (Å²) < 4.78 is 12.5. The molecule has 0 fully saturated rings. The number of ether oxygens (including phenoxy) is 1. The Kier molecular flexibility index (Phi) is 4.93. The monoisotopic (exact) mass is 536 g/mol. The molecule has 0 aliphatic carbocycles. The average Bonchev–Trinajstić information content (AvgIpc) is 3.44. The molecular weight excluding hydrogens is 512 g/mol. The van der Waals surface area contributed by atoms with E-state index in [9.17, 15) is 0 Å². The highest BCUT2D eigenvalue weighted by Gasteiger charge is 2.20. The van der Waals surface area contributed by atoms with Crippen LogP contribution in [0.25, 0.3) is 77.2 Å². The largest absolute Gasteiger partial charge is 0.456 e. The Morgan fingerprint density at radius 3 is 1.83 bits per heavy atom. The van der Waals surface area contributed by atoms with Crippen molar-refractivity contribution >= 4 is 32.7 Å². The van der Waals surface area contributed by atoms with Crippen LogP contribution in [0.3, 0.4) is 0 Å². The normalized spacial score (nSPS) is 12.0. The summed E-state index contributed by atoms with van der Waals surface area (Å²) in [6.07, 6.45) is 0. The van der Waals surface area contributed by atoms with E-state index in [0.717, 1.165) is 50.1 Å². The summed E-state index contributed by atoms with van der Waals surface area (Å²) in [4.78, 5) is 0. The molecule has 1 aromatic heterocycles. The summed E-state index contributed by atoms with van der Waals surface area (Å²) in [7, 11) is 0. The Hall–Kier alpha value is -5.60. The van der Waals surface area contributed by atoms with Crippen LogP contribution in [-0.2, 0) is 0 Å². The molecule has 42 heavy (non-hydrogen) atoms. The van der Waals surface area contributed by atoms with E-state index in [1.54, 1.807) is 0 Å². The van der Waals surface area contributed by atoms with Crippen molar-refractivity contribution in [2.75, 3.05) is 0 Å². The van der Waals surface area contributed by atoms with Crippen LogP contribution in [0.4, 0.5) is 0 Å². The summed E-state index contributed by atoms with van der Waals surface area (Å²) in [5.74, 6) is 1.83. The molecule has 1 aliphatic heterocycles. The lowest BCUT2D eigenvalue weighted by Crippen LogP contribution is -1.97. The average molecular weight is 537 g/mol. The molecule has 0 unspecified atom stereocenters. The van der Waals surface area contributed by atoms with Crippen molar-refractivity contribution in [2.24, 2.45) is 0 Å². The molecule has 8 aromatic rings. The molecule has 2 nitrogen and oxygen atoms in total. The minimum atomic E-state index is 0.907. The third-order valence-electron chi connectivity index (χ3n) is 8.49. The summed E-state index contributed by atoms with van der Waals surface area (Å²) >= 11 is 0. The third kappa shape index (κ3) is 3.52. The Labute approximate surface area is 243 Å². The van der Waals surface area contributed by atoms with Crippen molar-refractivity contribution in [1.82, 2.24) is 0 Å². The van der Waals surface area contributed by atoms with Crippen molar-refractivity contribution in [3.05, 3.63) is 146 Å². The van der Waals surface area contributed by atoms with Crippen LogP contribution in [0.5, 0.6) is 11.5 Å². The smallest absolute Gasteiger partial charge is 0.143 e. The van der Waals surface area contributed by atoms with Crippen molar-refractivity contribution in [3.63, 3.8) is 0 Å². The molecule has 196 valence electrons. The first-order chi connectivity index (χ1) is 20.8. The maximum atomic E-state index is 6.27. The molecule has 0 saturated heterocycles. The maximum Gasteiger partial charge on any atom is 0.143 e. The zero-order valence-electron chi connectivity index (χ0n) is 22.7. The topological polar surface area (TPSA) is 22.4 Å². The Morgan fingerprint density at radius 2 is 1.00 bits per heavy atom. The van der Waals surface area contributed by atoms with Crippen LogP contribution in [0.1, 0.15) is 0 Å². The van der Waals surface area contributed by atoms with E-state index in [4.69, 9.17) is 9.15 Å². The van der Waals surface area contributed by atoms with Gasteiger partial charge in [0.15, 0.2) is 0 Å². The Balaban J connectivity index is 1.07. The van der Waals surface area contributed by atoms with Gasteiger partial charge in [0.25, 0.3) is 0 Å². The number of furan rings is 1. The Morgan fingerprint density at radius 1 is 0.381 bits per heavy atom. The highest BCUT2D eigenvalue weighted by Crippen LogP contribution is 2.48. The zero-order valence-corrected chi connectivity index (χ0v) is 22.7. The lowest BCUT2D eigenvalue weighted by atomic mass is 9.90. The quantitative estimate of drug-likeness (QED) is 0.224. The first kappa shape index (κ1) is 23.1. The summed E-state index contributed by atoms with van der Waals surface area (Å²) in [5.41, 5.74) is 11.2. The molecule has 0 radical (unpaired) electrons. The number of para-hydroxylation sites is 3. The van der Waals surface area contributed by atoms with E-state index in [-0.39, 0.29) is 0 Å². The number of hydrogen-bond acceptors (Lipinski definition) is 2. The summed E-state index contributed by atoms with van der Waals surface area (Å²) in [6.45, 7) is 0. The number of fused-ring (bicyclic) bond motifs is 5. The lowest BCUT2D eigenvalue weighted by Gasteiger charge is -2.22. The van der Waals surface area contributed by atoms with E-state index < -0.39 is 0 Å². The van der Waals surface area contributed by atoms with Crippen LogP contribution < -0.4 is 4.74 Å². The molecule has 0 spiro atoms. The Bertz CT molecular complexity index is 2310. The SMILES string of the molecule is c1ccc2c(c1)Oc1cccc3cc(-c4ccc(-c5ccc(-c6cccc7c6oc6ccccc67)cc5)cc4)cc-2c13. The molecule has 0 atom stereocenters. The van der Waals surface area contributed by atoms with Gasteiger partial charge in [0.05, 0.1) is 0 Å². The predicted molar refractivity (Wildman–Crippen MR) is 173 cm³/mol. The van der Waals surface area contributed by atoms with Gasteiger partial charge in [-0.2, -0.15) is 0 Å². The van der Waals surface area contributed by atoms with E-state index in [1.165, 1.54) is 38.6 Å². The highest BCUT2D eigenvalue weighted by atomic mass is 16.5. The van der Waals surface area contributed by atoms with E-state index in [0.29, 0.717) is 0 Å². The van der Waals surface area contributed by atoms with Gasteiger partial charge in [0.2, 0.25) is 0 Å². The van der Waals surface area contributed by atoms with Crippen molar-refractivity contribution in [2.45, 2.75) is 0 Å². The van der Waals surface area contributed by atoms with Gasteiger partial charge in [-0.1, -0.05) is 115 Å². The number of rotatable bonds is 3. The first-order valence-electron chi connectivity index (χ1n) is 14.3. The minimum absolute atomic E-state index is 0.907. The van der Waals surface area contributed by atoms with Crippen LogP contribution >= 0.6 is 0 Å². The van der Waals surface area contributed by atoms with Crippen LogP contribution in [0, 0.1) is 0 Å². The molecular formula is C40H24O2. The van der Waals surface area contributed by atoms with Gasteiger partial charge in [-0.3, -0.25) is 0 Å². The van der Waals surface area contributed by atoms with E-state index in [2.05, 4.69) is 121 Å². The first-order valence-corrected chi connectivity index (χ1v) is 14.3. The van der Waals surface area contributed by atoms with Crippen LogP contribution in [0.2, 0.25) is 0 Å². The zero-order chi connectivity index (χ0) is 27.6. The van der Waals surface area contributed by atoms with Gasteiger partial charge in [0, 0.05) is 27.3 Å². The standard InChI is InChI=1S/C40H24O2/c1-4-13-37-32(8-1)34-11-6-10-31(40(34)42-37)28-21-19-26(20-22-28)25-15-17-27(18-16-25)30-23-29-7-5-14-38-39(29)35(24-30)33-9-2-3-12-36(33)41-38/h1-24H. The van der Waals surface area contributed by atoms with Gasteiger partial charge in [0.1, 0.15) is 22.7 Å². The summed E-state index contributed by atoms with van der Waals surface area (Å²) in [6, 6.07) is 51.4. The van der Waals surface area contributed by atoms with E-state index >= 15 is 0 Å². The molecule has 9 rings (SSSR count). The third-order valence-corrected chi connectivity index (χ3v) is 8.49. The van der Waals surface area contributed by atoms with Crippen molar-refractivity contribution in [3.8, 4) is 56.0 Å². The fourth-order valence-electron chi connectivity index (χ4n) is 6.43. The highest BCUT2D eigenvalue weighted by molar-refractivity contribution is 6.09. The fraction of sp³-hybridized carbons (Fsp3) is 0. The molecule has 7 aromatic carbocycles. The maximum absolute atomic E-state index is 6.27.